The molecule has 1 heterocycles. The van der Waals surface area contributed by atoms with Crippen LogP contribution in [-0.4, -0.2) is 9.97 Å². The summed E-state index contributed by atoms with van der Waals surface area (Å²) < 4.78 is 5.93. The molecule has 0 aliphatic rings. The molecule has 3 heteroatoms. The number of imidazole rings is 1. The van der Waals surface area contributed by atoms with Crippen molar-refractivity contribution in [2.45, 2.75) is 19.8 Å². The van der Waals surface area contributed by atoms with E-state index in [-0.39, 0.29) is 0 Å². The summed E-state index contributed by atoms with van der Waals surface area (Å²) in [5.74, 6) is 3.06. The van der Waals surface area contributed by atoms with Crippen LogP contribution < -0.4 is 4.74 Å². The van der Waals surface area contributed by atoms with E-state index in [1.54, 1.807) is 0 Å². The fourth-order valence-corrected chi connectivity index (χ4v) is 2.83. The third-order valence-electron chi connectivity index (χ3n) is 4.30. The van der Waals surface area contributed by atoms with Gasteiger partial charge in [-0.05, 0) is 60.0 Å². The van der Waals surface area contributed by atoms with Crippen LogP contribution in [0.2, 0.25) is 0 Å². The molecule has 25 heavy (non-hydrogen) atoms. The Labute approximate surface area is 147 Å². The molecule has 3 nitrogen and oxygen atoms in total. The first-order valence-corrected chi connectivity index (χ1v) is 8.52. The molecule has 0 amide bonds. The average molecular weight is 328 g/mol. The second-order valence-electron chi connectivity index (χ2n) is 6.45. The van der Waals surface area contributed by atoms with Crippen molar-refractivity contribution >= 4 is 11.0 Å². The summed E-state index contributed by atoms with van der Waals surface area (Å²) in [4.78, 5) is 7.97. The zero-order valence-corrected chi connectivity index (χ0v) is 14.4. The first-order chi connectivity index (χ1) is 12.2. The second kappa shape index (κ2) is 6.44. The Kier molecular flexibility index (Phi) is 3.98. The lowest BCUT2D eigenvalue weighted by Gasteiger charge is -2.09. The van der Waals surface area contributed by atoms with E-state index in [2.05, 4.69) is 35.9 Å². The normalized spacial score (nSPS) is 11.2. The van der Waals surface area contributed by atoms with Crippen LogP contribution >= 0.6 is 0 Å². The first kappa shape index (κ1) is 15.5. The Morgan fingerprint density at radius 3 is 2.08 bits per heavy atom. The number of H-pyrrole nitrogens is 1. The van der Waals surface area contributed by atoms with E-state index in [0.29, 0.717) is 5.92 Å². The molecule has 0 aliphatic heterocycles. The highest BCUT2D eigenvalue weighted by Gasteiger charge is 2.06. The predicted octanol–water partition coefficient (Wildman–Crippen LogP) is 6.15. The SMILES string of the molecule is CC(C)c1ccc(Oc2ccc(-c3nc4ccccc4[nH]3)cc2)cc1. The Morgan fingerprint density at radius 1 is 0.800 bits per heavy atom. The Morgan fingerprint density at radius 2 is 1.44 bits per heavy atom. The number of nitrogens with one attached hydrogen (secondary N) is 1. The summed E-state index contributed by atoms with van der Waals surface area (Å²) >= 11 is 0. The van der Waals surface area contributed by atoms with Gasteiger partial charge in [-0.3, -0.25) is 0 Å². The summed E-state index contributed by atoms with van der Waals surface area (Å²) in [6.45, 7) is 4.37. The van der Waals surface area contributed by atoms with Gasteiger partial charge in [-0.1, -0.05) is 38.1 Å². The highest BCUT2D eigenvalue weighted by atomic mass is 16.5. The molecular weight excluding hydrogens is 308 g/mol. The Balaban J connectivity index is 1.53. The van der Waals surface area contributed by atoms with Crippen molar-refractivity contribution in [2.24, 2.45) is 0 Å². The van der Waals surface area contributed by atoms with Crippen LogP contribution in [0.3, 0.4) is 0 Å². The van der Waals surface area contributed by atoms with E-state index < -0.39 is 0 Å². The lowest BCUT2D eigenvalue weighted by molar-refractivity contribution is 0.482. The largest absolute Gasteiger partial charge is 0.457 e. The molecule has 0 saturated heterocycles. The maximum absolute atomic E-state index is 5.93. The van der Waals surface area contributed by atoms with Gasteiger partial charge in [0, 0.05) is 5.56 Å². The number of ether oxygens (including phenoxy) is 1. The van der Waals surface area contributed by atoms with Gasteiger partial charge in [0.2, 0.25) is 0 Å². The lowest BCUT2D eigenvalue weighted by Crippen LogP contribution is -1.88. The van der Waals surface area contributed by atoms with Gasteiger partial charge in [0.25, 0.3) is 0 Å². The van der Waals surface area contributed by atoms with Crippen molar-refractivity contribution < 1.29 is 4.74 Å². The minimum atomic E-state index is 0.525. The zero-order valence-electron chi connectivity index (χ0n) is 14.4. The van der Waals surface area contributed by atoms with Gasteiger partial charge in [-0.15, -0.1) is 0 Å². The van der Waals surface area contributed by atoms with Crippen molar-refractivity contribution in [1.82, 2.24) is 9.97 Å². The molecular formula is C22H20N2O. The third-order valence-corrected chi connectivity index (χ3v) is 4.30. The van der Waals surface area contributed by atoms with Gasteiger partial charge in [-0.2, -0.15) is 0 Å². The fraction of sp³-hybridized carbons (Fsp3) is 0.136. The van der Waals surface area contributed by atoms with Gasteiger partial charge in [0.15, 0.2) is 0 Å². The highest BCUT2D eigenvalue weighted by molar-refractivity contribution is 5.79. The summed E-state index contributed by atoms with van der Waals surface area (Å²) in [6, 6.07) is 24.3. The van der Waals surface area contributed by atoms with E-state index in [4.69, 9.17) is 4.74 Å². The van der Waals surface area contributed by atoms with Crippen molar-refractivity contribution in [3.63, 3.8) is 0 Å². The summed E-state index contributed by atoms with van der Waals surface area (Å²) in [5.41, 5.74) is 4.37. The van der Waals surface area contributed by atoms with Crippen molar-refractivity contribution in [3.05, 3.63) is 78.4 Å². The molecule has 0 radical (unpaired) electrons. The standard InChI is InChI=1S/C22H20N2O/c1-15(2)16-7-11-18(12-8-16)25-19-13-9-17(10-14-19)22-23-20-5-3-4-6-21(20)24-22/h3-15H,1-2H3,(H,23,24). The van der Waals surface area contributed by atoms with Gasteiger partial charge in [-0.25, -0.2) is 4.98 Å². The summed E-state index contributed by atoms with van der Waals surface area (Å²) in [5, 5.41) is 0. The number of hydrogen-bond acceptors (Lipinski definition) is 2. The van der Waals surface area contributed by atoms with E-state index in [9.17, 15) is 0 Å². The van der Waals surface area contributed by atoms with Gasteiger partial charge < -0.3 is 9.72 Å². The van der Waals surface area contributed by atoms with Crippen molar-refractivity contribution in [3.8, 4) is 22.9 Å². The number of hydrogen-bond donors (Lipinski definition) is 1. The molecule has 0 unspecified atom stereocenters. The van der Waals surface area contributed by atoms with Gasteiger partial charge >= 0.3 is 0 Å². The molecule has 0 saturated carbocycles. The lowest BCUT2D eigenvalue weighted by atomic mass is 10.0. The van der Waals surface area contributed by atoms with Crippen LogP contribution in [0.4, 0.5) is 0 Å². The molecule has 0 bridgehead atoms. The topological polar surface area (TPSA) is 37.9 Å². The molecule has 0 aliphatic carbocycles. The Bertz CT molecular complexity index is 950. The third kappa shape index (κ3) is 3.26. The minimum Gasteiger partial charge on any atom is -0.457 e. The van der Waals surface area contributed by atoms with Crippen molar-refractivity contribution in [2.75, 3.05) is 0 Å². The number of aromatic nitrogens is 2. The van der Waals surface area contributed by atoms with Crippen LogP contribution in [0.1, 0.15) is 25.3 Å². The molecule has 0 atom stereocenters. The number of aromatic amines is 1. The molecule has 0 spiro atoms. The monoisotopic (exact) mass is 328 g/mol. The fourth-order valence-electron chi connectivity index (χ4n) is 2.83. The number of para-hydroxylation sites is 2. The van der Waals surface area contributed by atoms with E-state index in [1.807, 2.05) is 60.7 Å². The van der Waals surface area contributed by atoms with Gasteiger partial charge in [0.1, 0.15) is 17.3 Å². The smallest absolute Gasteiger partial charge is 0.138 e. The first-order valence-electron chi connectivity index (χ1n) is 8.52. The van der Waals surface area contributed by atoms with Crippen LogP contribution in [0.25, 0.3) is 22.4 Å². The Hall–Kier alpha value is -3.07. The zero-order chi connectivity index (χ0) is 17.2. The number of nitrogens with zero attached hydrogens (tertiary/aromatic N) is 1. The summed E-state index contributed by atoms with van der Waals surface area (Å²) in [6.07, 6.45) is 0. The van der Waals surface area contributed by atoms with Crippen molar-refractivity contribution in [1.29, 1.82) is 0 Å². The molecule has 1 N–H and O–H groups in total. The average Bonchev–Trinajstić information content (AvgIpc) is 3.07. The molecule has 4 aromatic rings. The molecule has 4 rings (SSSR count). The highest BCUT2D eigenvalue weighted by Crippen LogP contribution is 2.27. The minimum absolute atomic E-state index is 0.525. The quantitative estimate of drug-likeness (QED) is 0.488. The summed E-state index contributed by atoms with van der Waals surface area (Å²) in [7, 11) is 0. The van der Waals surface area contributed by atoms with Crippen LogP contribution in [0, 0.1) is 0 Å². The predicted molar refractivity (Wildman–Crippen MR) is 102 cm³/mol. The van der Waals surface area contributed by atoms with Gasteiger partial charge in [0.05, 0.1) is 11.0 Å². The molecule has 1 aromatic heterocycles. The second-order valence-corrected chi connectivity index (χ2v) is 6.45. The molecule has 3 aromatic carbocycles. The maximum Gasteiger partial charge on any atom is 0.138 e. The molecule has 0 fully saturated rings. The van der Waals surface area contributed by atoms with Crippen LogP contribution in [0.5, 0.6) is 11.5 Å². The van der Waals surface area contributed by atoms with Crippen LogP contribution in [-0.2, 0) is 0 Å². The van der Waals surface area contributed by atoms with E-state index >= 15 is 0 Å². The maximum atomic E-state index is 5.93. The number of rotatable bonds is 4. The number of fused-ring (bicyclic) bond motifs is 1. The van der Waals surface area contributed by atoms with Crippen LogP contribution in [0.15, 0.2) is 72.8 Å². The van der Waals surface area contributed by atoms with E-state index in [0.717, 1.165) is 33.9 Å². The van der Waals surface area contributed by atoms with E-state index in [1.165, 1.54) is 5.56 Å². The molecule has 124 valence electrons. The number of benzene rings is 3.